The molecule has 0 spiro atoms. The first-order valence-electron chi connectivity index (χ1n) is 6.56. The molecular weight excluding hydrogens is 284 g/mol. The average molecular weight is 295 g/mol. The number of fused-ring (bicyclic) bond motifs is 3. The lowest BCUT2D eigenvalue weighted by Crippen LogP contribution is -1.70. The minimum atomic E-state index is 0.690. The number of hydrogen-bond acceptors (Lipinski definition) is 2. The van der Waals surface area contributed by atoms with E-state index in [0.29, 0.717) is 5.02 Å². The molecule has 5 heteroatoms. The number of H-pyrrole nitrogens is 2. The standard InChI is InChI=1S/C16H11ClN4/c17-10-1-3-11(4-2-10)20-21-15-9-19-14-6-5-13-12(16(14)15)7-8-18-13/h1-9,18-19H. The third-order valence-corrected chi connectivity index (χ3v) is 3.71. The lowest BCUT2D eigenvalue weighted by atomic mass is 10.1. The zero-order valence-corrected chi connectivity index (χ0v) is 11.7. The van der Waals surface area contributed by atoms with Crippen LogP contribution < -0.4 is 0 Å². The molecule has 0 radical (unpaired) electrons. The van der Waals surface area contributed by atoms with Crippen LogP contribution in [0.5, 0.6) is 0 Å². The van der Waals surface area contributed by atoms with Crippen LogP contribution in [0.3, 0.4) is 0 Å². The molecule has 0 saturated heterocycles. The van der Waals surface area contributed by atoms with Crippen molar-refractivity contribution >= 4 is 44.8 Å². The third-order valence-electron chi connectivity index (χ3n) is 3.45. The van der Waals surface area contributed by atoms with Crippen molar-refractivity contribution in [1.82, 2.24) is 9.97 Å². The number of aromatic nitrogens is 2. The molecule has 0 aliphatic carbocycles. The topological polar surface area (TPSA) is 56.3 Å². The number of rotatable bonds is 2. The smallest absolute Gasteiger partial charge is 0.112 e. The highest BCUT2D eigenvalue weighted by Crippen LogP contribution is 2.33. The first-order valence-corrected chi connectivity index (χ1v) is 6.93. The van der Waals surface area contributed by atoms with Crippen LogP contribution in [0.15, 0.2) is 65.1 Å². The zero-order valence-electron chi connectivity index (χ0n) is 11.0. The first kappa shape index (κ1) is 12.2. The van der Waals surface area contributed by atoms with Gasteiger partial charge < -0.3 is 9.97 Å². The van der Waals surface area contributed by atoms with Crippen LogP contribution in [-0.2, 0) is 0 Å². The molecule has 0 aliphatic heterocycles. The van der Waals surface area contributed by atoms with Crippen molar-refractivity contribution < 1.29 is 0 Å². The van der Waals surface area contributed by atoms with Gasteiger partial charge in [-0.25, -0.2) is 0 Å². The highest BCUT2D eigenvalue weighted by atomic mass is 35.5. The summed E-state index contributed by atoms with van der Waals surface area (Å²) in [5, 5.41) is 11.5. The van der Waals surface area contributed by atoms with E-state index in [9.17, 15) is 0 Å². The van der Waals surface area contributed by atoms with Gasteiger partial charge >= 0.3 is 0 Å². The number of azo groups is 1. The van der Waals surface area contributed by atoms with E-state index in [2.05, 4.69) is 20.2 Å². The lowest BCUT2D eigenvalue weighted by Gasteiger charge is -1.95. The highest BCUT2D eigenvalue weighted by Gasteiger charge is 2.08. The first-order chi connectivity index (χ1) is 10.3. The third kappa shape index (κ3) is 2.10. The average Bonchev–Trinajstić information content (AvgIpc) is 3.12. The normalized spacial score (nSPS) is 11.9. The lowest BCUT2D eigenvalue weighted by molar-refractivity contribution is 1.24. The minimum Gasteiger partial charge on any atom is -0.361 e. The van der Waals surface area contributed by atoms with Crippen molar-refractivity contribution in [2.24, 2.45) is 10.2 Å². The van der Waals surface area contributed by atoms with Crippen LogP contribution in [0, 0.1) is 0 Å². The Bertz CT molecular complexity index is 947. The van der Waals surface area contributed by atoms with Crippen molar-refractivity contribution in [3.05, 3.63) is 59.9 Å². The van der Waals surface area contributed by atoms with Crippen molar-refractivity contribution in [1.29, 1.82) is 0 Å². The monoisotopic (exact) mass is 294 g/mol. The summed E-state index contributed by atoms with van der Waals surface area (Å²) < 4.78 is 0. The van der Waals surface area contributed by atoms with Crippen molar-refractivity contribution in [3.63, 3.8) is 0 Å². The zero-order chi connectivity index (χ0) is 14.2. The molecule has 21 heavy (non-hydrogen) atoms. The molecule has 4 rings (SSSR count). The molecule has 2 N–H and O–H groups in total. The largest absolute Gasteiger partial charge is 0.361 e. The van der Waals surface area contributed by atoms with Crippen LogP contribution in [0.2, 0.25) is 5.02 Å². The van der Waals surface area contributed by atoms with Gasteiger partial charge in [0.1, 0.15) is 5.69 Å². The van der Waals surface area contributed by atoms with Gasteiger partial charge in [-0.05, 0) is 42.5 Å². The fraction of sp³-hybridized carbons (Fsp3) is 0. The van der Waals surface area contributed by atoms with Crippen LogP contribution in [0.25, 0.3) is 21.8 Å². The van der Waals surface area contributed by atoms with Gasteiger partial charge in [-0.2, -0.15) is 5.11 Å². The molecule has 0 bridgehead atoms. The van der Waals surface area contributed by atoms with E-state index in [1.807, 2.05) is 42.7 Å². The Morgan fingerprint density at radius 3 is 2.48 bits per heavy atom. The van der Waals surface area contributed by atoms with Crippen LogP contribution in [0.1, 0.15) is 0 Å². The van der Waals surface area contributed by atoms with Crippen molar-refractivity contribution in [3.8, 4) is 0 Å². The summed E-state index contributed by atoms with van der Waals surface area (Å²) in [7, 11) is 0. The van der Waals surface area contributed by atoms with Crippen LogP contribution >= 0.6 is 11.6 Å². The van der Waals surface area contributed by atoms with Gasteiger partial charge in [0.25, 0.3) is 0 Å². The Labute approximate surface area is 125 Å². The second kappa shape index (κ2) is 4.75. The number of hydrogen-bond donors (Lipinski definition) is 2. The molecule has 2 heterocycles. The maximum absolute atomic E-state index is 5.86. The molecule has 0 unspecified atom stereocenters. The van der Waals surface area contributed by atoms with E-state index >= 15 is 0 Å². The number of nitrogens with zero attached hydrogens (tertiary/aromatic N) is 2. The SMILES string of the molecule is Clc1ccc(N=Nc2c[nH]c3ccc4[nH]ccc4c23)cc1. The predicted octanol–water partition coefficient (Wildman–Crippen LogP) is 5.72. The molecule has 0 aliphatic rings. The molecular formula is C16H11ClN4. The van der Waals surface area contributed by atoms with E-state index in [0.717, 1.165) is 33.2 Å². The van der Waals surface area contributed by atoms with E-state index in [-0.39, 0.29) is 0 Å². The van der Waals surface area contributed by atoms with Gasteiger partial charge in [0, 0.05) is 39.2 Å². The Hall–Kier alpha value is -2.59. The molecule has 0 saturated carbocycles. The van der Waals surface area contributed by atoms with Gasteiger partial charge in [-0.15, -0.1) is 5.11 Å². The summed E-state index contributed by atoms with van der Waals surface area (Å²) in [6, 6.07) is 13.4. The van der Waals surface area contributed by atoms with Gasteiger partial charge in [0.05, 0.1) is 5.69 Å². The number of aromatic amines is 2. The summed E-state index contributed by atoms with van der Waals surface area (Å²) >= 11 is 5.86. The van der Waals surface area contributed by atoms with E-state index in [4.69, 9.17) is 11.6 Å². The number of halogens is 1. The van der Waals surface area contributed by atoms with Crippen molar-refractivity contribution in [2.45, 2.75) is 0 Å². The molecule has 0 atom stereocenters. The molecule has 4 nitrogen and oxygen atoms in total. The van der Waals surface area contributed by atoms with Crippen LogP contribution in [0.4, 0.5) is 11.4 Å². The van der Waals surface area contributed by atoms with E-state index in [1.54, 1.807) is 12.1 Å². The number of benzene rings is 2. The summed E-state index contributed by atoms with van der Waals surface area (Å²) in [5.74, 6) is 0. The van der Waals surface area contributed by atoms with E-state index in [1.165, 1.54) is 0 Å². The maximum atomic E-state index is 5.86. The Morgan fingerprint density at radius 1 is 0.810 bits per heavy atom. The molecule has 102 valence electrons. The van der Waals surface area contributed by atoms with Gasteiger partial charge in [0.15, 0.2) is 0 Å². The Morgan fingerprint density at radius 2 is 1.62 bits per heavy atom. The van der Waals surface area contributed by atoms with Gasteiger partial charge in [-0.3, -0.25) is 0 Å². The molecule has 0 amide bonds. The van der Waals surface area contributed by atoms with Crippen molar-refractivity contribution in [2.75, 3.05) is 0 Å². The minimum absolute atomic E-state index is 0.690. The second-order valence-electron chi connectivity index (χ2n) is 4.78. The molecule has 2 aromatic carbocycles. The Kier molecular flexibility index (Phi) is 2.75. The molecule has 4 aromatic rings. The number of nitrogens with one attached hydrogen (secondary N) is 2. The van der Waals surface area contributed by atoms with Crippen LogP contribution in [-0.4, -0.2) is 9.97 Å². The second-order valence-corrected chi connectivity index (χ2v) is 5.21. The summed E-state index contributed by atoms with van der Waals surface area (Å²) in [6.45, 7) is 0. The van der Waals surface area contributed by atoms with E-state index < -0.39 is 0 Å². The fourth-order valence-corrected chi connectivity index (χ4v) is 2.57. The summed E-state index contributed by atoms with van der Waals surface area (Å²) in [5.41, 5.74) is 3.73. The fourth-order valence-electron chi connectivity index (χ4n) is 2.45. The summed E-state index contributed by atoms with van der Waals surface area (Å²) in [6.07, 6.45) is 3.80. The molecule has 2 aromatic heterocycles. The predicted molar refractivity (Wildman–Crippen MR) is 85.8 cm³/mol. The van der Waals surface area contributed by atoms with Gasteiger partial charge in [0.2, 0.25) is 0 Å². The summed E-state index contributed by atoms with van der Waals surface area (Å²) in [4.78, 5) is 6.43. The maximum Gasteiger partial charge on any atom is 0.112 e. The highest BCUT2D eigenvalue weighted by molar-refractivity contribution is 6.30. The Balaban J connectivity index is 1.83. The van der Waals surface area contributed by atoms with Gasteiger partial charge in [-0.1, -0.05) is 11.6 Å². The quantitative estimate of drug-likeness (QED) is 0.444. The molecule has 0 fully saturated rings.